The predicted molar refractivity (Wildman–Crippen MR) is 114 cm³/mol. The van der Waals surface area contributed by atoms with Crippen LogP contribution in [0.15, 0.2) is 54.6 Å². The Labute approximate surface area is 172 Å². The fourth-order valence-corrected chi connectivity index (χ4v) is 3.00. The van der Waals surface area contributed by atoms with Crippen LogP contribution in [0.3, 0.4) is 0 Å². The van der Waals surface area contributed by atoms with Crippen molar-refractivity contribution in [2.45, 2.75) is 46.2 Å². The normalized spacial score (nSPS) is 11.9. The van der Waals surface area contributed by atoms with Gasteiger partial charge in [0, 0.05) is 18.1 Å². The second-order valence-corrected chi connectivity index (χ2v) is 7.90. The number of hydrogen-bond acceptors (Lipinski definition) is 2. The second-order valence-electron chi connectivity index (χ2n) is 7.46. The Morgan fingerprint density at radius 1 is 0.964 bits per heavy atom. The van der Waals surface area contributed by atoms with Crippen LogP contribution in [0.4, 0.5) is 0 Å². The van der Waals surface area contributed by atoms with E-state index in [9.17, 15) is 9.59 Å². The van der Waals surface area contributed by atoms with E-state index in [1.165, 1.54) is 0 Å². The number of amides is 2. The molecule has 28 heavy (non-hydrogen) atoms. The maximum atomic E-state index is 13.0. The van der Waals surface area contributed by atoms with Crippen molar-refractivity contribution < 1.29 is 9.59 Å². The van der Waals surface area contributed by atoms with Crippen molar-refractivity contribution in [3.8, 4) is 0 Å². The van der Waals surface area contributed by atoms with Gasteiger partial charge in [0.25, 0.3) is 0 Å². The van der Waals surface area contributed by atoms with E-state index in [1.807, 2.05) is 42.5 Å². The molecule has 0 radical (unpaired) electrons. The lowest BCUT2D eigenvalue weighted by Crippen LogP contribution is -2.48. The third kappa shape index (κ3) is 7.01. The lowest BCUT2D eigenvalue weighted by Gasteiger charge is -2.29. The maximum Gasteiger partial charge on any atom is 0.242 e. The van der Waals surface area contributed by atoms with Crippen LogP contribution >= 0.6 is 11.6 Å². The summed E-state index contributed by atoms with van der Waals surface area (Å²) in [5.41, 5.74) is 1.87. The van der Waals surface area contributed by atoms with Gasteiger partial charge in [-0.2, -0.15) is 0 Å². The molecular weight excluding hydrogens is 372 g/mol. The van der Waals surface area contributed by atoms with Gasteiger partial charge in [0.15, 0.2) is 0 Å². The fraction of sp³-hybridized carbons (Fsp3) is 0.391. The van der Waals surface area contributed by atoms with Crippen molar-refractivity contribution >= 4 is 23.4 Å². The Kier molecular flexibility index (Phi) is 8.52. The number of benzene rings is 2. The standard InChI is InChI=1S/C23H29ClN2O2/c1-17(2)13-14-25-23(28)18(3)26(16-20-7-5-4-6-8-20)22(27)15-19-9-11-21(24)12-10-19/h4-12,17-18H,13-16H2,1-3H3,(H,25,28)/t18-/m0/s1. The molecule has 2 amide bonds. The molecule has 2 aromatic rings. The number of hydrogen-bond donors (Lipinski definition) is 1. The Morgan fingerprint density at radius 2 is 1.61 bits per heavy atom. The molecule has 1 N–H and O–H groups in total. The first-order valence-electron chi connectivity index (χ1n) is 9.72. The van der Waals surface area contributed by atoms with Gasteiger partial charge in [0.1, 0.15) is 6.04 Å². The zero-order chi connectivity index (χ0) is 20.5. The van der Waals surface area contributed by atoms with Crippen molar-refractivity contribution in [2.24, 2.45) is 5.92 Å². The summed E-state index contributed by atoms with van der Waals surface area (Å²) in [6, 6.07) is 16.4. The van der Waals surface area contributed by atoms with Gasteiger partial charge in [-0.1, -0.05) is 67.9 Å². The van der Waals surface area contributed by atoms with E-state index in [-0.39, 0.29) is 18.2 Å². The van der Waals surface area contributed by atoms with Gasteiger partial charge < -0.3 is 10.2 Å². The first-order chi connectivity index (χ1) is 13.4. The molecule has 1 atom stereocenters. The molecular formula is C23H29ClN2O2. The molecule has 0 saturated carbocycles. The van der Waals surface area contributed by atoms with Crippen molar-refractivity contribution in [3.63, 3.8) is 0 Å². The molecule has 0 aliphatic rings. The number of nitrogens with one attached hydrogen (secondary N) is 1. The summed E-state index contributed by atoms with van der Waals surface area (Å²) in [7, 11) is 0. The van der Waals surface area contributed by atoms with Crippen LogP contribution in [0.1, 0.15) is 38.3 Å². The number of halogens is 1. The van der Waals surface area contributed by atoms with Gasteiger partial charge in [0.05, 0.1) is 6.42 Å². The number of nitrogens with zero attached hydrogens (tertiary/aromatic N) is 1. The number of carbonyl (C=O) groups excluding carboxylic acids is 2. The quantitative estimate of drug-likeness (QED) is 0.675. The molecule has 0 spiro atoms. The SMILES string of the molecule is CC(C)CCNC(=O)[C@H](C)N(Cc1ccccc1)C(=O)Cc1ccc(Cl)cc1. The molecule has 4 nitrogen and oxygen atoms in total. The summed E-state index contributed by atoms with van der Waals surface area (Å²) in [4.78, 5) is 27.3. The van der Waals surface area contributed by atoms with Gasteiger partial charge >= 0.3 is 0 Å². The fourth-order valence-electron chi connectivity index (χ4n) is 2.87. The molecule has 2 aromatic carbocycles. The van der Waals surface area contributed by atoms with Crippen LogP contribution in [0.2, 0.25) is 5.02 Å². The van der Waals surface area contributed by atoms with Gasteiger partial charge in [-0.25, -0.2) is 0 Å². The lowest BCUT2D eigenvalue weighted by atomic mass is 10.1. The highest BCUT2D eigenvalue weighted by atomic mass is 35.5. The first kappa shape index (κ1) is 22.0. The largest absolute Gasteiger partial charge is 0.354 e. The van der Waals surface area contributed by atoms with Crippen LogP contribution in [0, 0.1) is 5.92 Å². The van der Waals surface area contributed by atoms with Crippen molar-refractivity contribution in [1.29, 1.82) is 0 Å². The van der Waals surface area contributed by atoms with Gasteiger partial charge in [-0.3, -0.25) is 9.59 Å². The van der Waals surface area contributed by atoms with Crippen molar-refractivity contribution in [1.82, 2.24) is 10.2 Å². The summed E-state index contributed by atoms with van der Waals surface area (Å²) < 4.78 is 0. The highest BCUT2D eigenvalue weighted by Crippen LogP contribution is 2.14. The smallest absolute Gasteiger partial charge is 0.242 e. The van der Waals surface area contributed by atoms with E-state index < -0.39 is 6.04 Å². The minimum Gasteiger partial charge on any atom is -0.354 e. The zero-order valence-corrected chi connectivity index (χ0v) is 17.6. The average molecular weight is 401 g/mol. The number of carbonyl (C=O) groups is 2. The molecule has 0 bridgehead atoms. The Hall–Kier alpha value is -2.33. The van der Waals surface area contributed by atoms with E-state index in [1.54, 1.807) is 24.0 Å². The summed E-state index contributed by atoms with van der Waals surface area (Å²) in [6.07, 6.45) is 1.14. The predicted octanol–water partition coefficient (Wildman–Crippen LogP) is 4.46. The third-order valence-electron chi connectivity index (χ3n) is 4.65. The zero-order valence-electron chi connectivity index (χ0n) is 16.8. The summed E-state index contributed by atoms with van der Waals surface area (Å²) in [6.45, 7) is 7.03. The average Bonchev–Trinajstić information content (AvgIpc) is 2.67. The molecule has 0 unspecified atom stereocenters. The molecule has 0 saturated heterocycles. The maximum absolute atomic E-state index is 13.0. The Bertz CT molecular complexity index is 760. The van der Waals surface area contributed by atoms with E-state index in [0.29, 0.717) is 24.0 Å². The molecule has 150 valence electrons. The first-order valence-corrected chi connectivity index (χ1v) is 10.1. The Balaban J connectivity index is 2.12. The molecule has 0 aromatic heterocycles. The Morgan fingerprint density at radius 3 is 2.21 bits per heavy atom. The van der Waals surface area contributed by atoms with Crippen LogP contribution in [-0.4, -0.2) is 29.3 Å². The van der Waals surface area contributed by atoms with Gasteiger partial charge in [-0.15, -0.1) is 0 Å². The lowest BCUT2D eigenvalue weighted by molar-refractivity contribution is -0.140. The third-order valence-corrected chi connectivity index (χ3v) is 4.90. The van der Waals surface area contributed by atoms with E-state index in [4.69, 9.17) is 11.6 Å². The van der Waals surface area contributed by atoms with Crippen LogP contribution in [0.25, 0.3) is 0 Å². The summed E-state index contributed by atoms with van der Waals surface area (Å²) in [5, 5.41) is 3.59. The van der Waals surface area contributed by atoms with Crippen LogP contribution < -0.4 is 5.32 Å². The van der Waals surface area contributed by atoms with E-state index in [0.717, 1.165) is 17.5 Å². The molecule has 0 aliphatic carbocycles. The molecule has 5 heteroatoms. The monoisotopic (exact) mass is 400 g/mol. The molecule has 0 aliphatic heterocycles. The number of rotatable bonds is 9. The van der Waals surface area contributed by atoms with Crippen LogP contribution in [0.5, 0.6) is 0 Å². The second kappa shape index (κ2) is 10.9. The highest BCUT2D eigenvalue weighted by molar-refractivity contribution is 6.30. The highest BCUT2D eigenvalue weighted by Gasteiger charge is 2.26. The minimum atomic E-state index is -0.549. The van der Waals surface area contributed by atoms with Crippen LogP contribution in [-0.2, 0) is 22.6 Å². The molecule has 0 fully saturated rings. The summed E-state index contributed by atoms with van der Waals surface area (Å²) >= 11 is 5.93. The van der Waals surface area contributed by atoms with Gasteiger partial charge in [0.2, 0.25) is 11.8 Å². The van der Waals surface area contributed by atoms with E-state index >= 15 is 0 Å². The van der Waals surface area contributed by atoms with Crippen molar-refractivity contribution in [3.05, 3.63) is 70.7 Å². The van der Waals surface area contributed by atoms with Crippen molar-refractivity contribution in [2.75, 3.05) is 6.54 Å². The molecule has 0 heterocycles. The van der Waals surface area contributed by atoms with Gasteiger partial charge in [-0.05, 0) is 42.5 Å². The minimum absolute atomic E-state index is 0.0855. The molecule has 2 rings (SSSR count). The summed E-state index contributed by atoms with van der Waals surface area (Å²) in [5.74, 6) is 0.307. The van der Waals surface area contributed by atoms with E-state index in [2.05, 4.69) is 19.2 Å². The topological polar surface area (TPSA) is 49.4 Å².